The third-order valence-electron chi connectivity index (χ3n) is 2.00. The Kier molecular flexibility index (Phi) is 6.74. The highest BCUT2D eigenvalue weighted by molar-refractivity contribution is 7.89. The first-order valence-corrected chi connectivity index (χ1v) is 6.77. The molecule has 0 bridgehead atoms. The van der Waals surface area contributed by atoms with Crippen LogP contribution in [0.5, 0.6) is 0 Å². The third-order valence-corrected chi connectivity index (χ3v) is 3.39. The van der Waals surface area contributed by atoms with E-state index in [1.165, 1.54) is 0 Å². The first-order chi connectivity index (χ1) is 7.82. The Morgan fingerprint density at radius 3 is 2.41 bits per heavy atom. The lowest BCUT2D eigenvalue weighted by Gasteiger charge is -2.13. The average Bonchev–Trinajstić information content (AvgIpc) is 2.25. The largest absolute Gasteiger partial charge is 0.480 e. The van der Waals surface area contributed by atoms with E-state index in [-0.39, 0.29) is 12.8 Å². The van der Waals surface area contributed by atoms with E-state index in [1.54, 1.807) is 6.92 Å². The number of hydrogen-bond acceptors (Lipinski definition) is 5. The van der Waals surface area contributed by atoms with Crippen LogP contribution in [0.1, 0.15) is 26.2 Å². The van der Waals surface area contributed by atoms with Crippen molar-refractivity contribution >= 4 is 22.0 Å². The summed E-state index contributed by atoms with van der Waals surface area (Å²) in [4.78, 5) is 21.5. The van der Waals surface area contributed by atoms with Crippen molar-refractivity contribution < 1.29 is 27.9 Å². The molecular weight excluding hydrogens is 250 g/mol. The van der Waals surface area contributed by atoms with Crippen molar-refractivity contribution in [1.29, 1.82) is 0 Å². The van der Waals surface area contributed by atoms with Gasteiger partial charge in [0.2, 0.25) is 10.0 Å². The predicted octanol–water partition coefficient (Wildman–Crippen LogP) is -0.278. The average molecular weight is 267 g/mol. The Balaban J connectivity index is 4.40. The van der Waals surface area contributed by atoms with Gasteiger partial charge in [-0.05, 0) is 6.42 Å². The second-order valence-electron chi connectivity index (χ2n) is 3.44. The van der Waals surface area contributed by atoms with Crippen molar-refractivity contribution in [3.63, 3.8) is 0 Å². The van der Waals surface area contributed by atoms with E-state index in [2.05, 4.69) is 4.74 Å². The van der Waals surface area contributed by atoms with Crippen LogP contribution in [0.15, 0.2) is 0 Å². The molecule has 0 saturated heterocycles. The molecule has 0 amide bonds. The summed E-state index contributed by atoms with van der Waals surface area (Å²) >= 11 is 0. The van der Waals surface area contributed by atoms with Crippen LogP contribution in [-0.4, -0.2) is 44.4 Å². The first kappa shape index (κ1) is 15.9. The van der Waals surface area contributed by atoms with Crippen LogP contribution >= 0.6 is 0 Å². The van der Waals surface area contributed by atoms with Gasteiger partial charge in [-0.15, -0.1) is 0 Å². The van der Waals surface area contributed by atoms with Crippen molar-refractivity contribution in [2.45, 2.75) is 32.2 Å². The summed E-state index contributed by atoms with van der Waals surface area (Å²) in [5.41, 5.74) is 0. The monoisotopic (exact) mass is 267 g/mol. The molecule has 0 radical (unpaired) electrons. The number of carbonyl (C=O) groups is 2. The number of carboxylic acid groups (broad SMARTS) is 1. The summed E-state index contributed by atoms with van der Waals surface area (Å²) in [6.07, 6.45) is 0.438. The summed E-state index contributed by atoms with van der Waals surface area (Å²) in [5, 5.41) is 8.77. The minimum absolute atomic E-state index is 0.201. The maximum Gasteiger partial charge on any atom is 0.321 e. The van der Waals surface area contributed by atoms with E-state index in [0.29, 0.717) is 6.42 Å². The van der Waals surface area contributed by atoms with Crippen LogP contribution in [0.25, 0.3) is 0 Å². The van der Waals surface area contributed by atoms with Crippen LogP contribution in [-0.2, 0) is 24.3 Å². The lowest BCUT2D eigenvalue weighted by molar-refractivity contribution is -0.140. The zero-order valence-corrected chi connectivity index (χ0v) is 10.6. The number of methoxy groups -OCH3 is 1. The SMILES string of the molecule is CCCC(NS(=O)(=O)CCC(=O)OC)C(=O)O. The van der Waals surface area contributed by atoms with Crippen molar-refractivity contribution in [2.75, 3.05) is 12.9 Å². The quantitative estimate of drug-likeness (QED) is 0.585. The van der Waals surface area contributed by atoms with Gasteiger partial charge in [0, 0.05) is 0 Å². The highest BCUT2D eigenvalue weighted by Gasteiger charge is 2.23. The molecular formula is C9H17NO6S. The van der Waals surface area contributed by atoms with E-state index in [4.69, 9.17) is 5.11 Å². The van der Waals surface area contributed by atoms with Gasteiger partial charge < -0.3 is 9.84 Å². The number of nitrogens with one attached hydrogen (secondary N) is 1. The van der Waals surface area contributed by atoms with Gasteiger partial charge in [-0.25, -0.2) is 13.1 Å². The molecule has 0 saturated carbocycles. The molecule has 0 spiro atoms. The number of carboxylic acids is 1. The number of rotatable bonds is 8. The van der Waals surface area contributed by atoms with Crippen LogP contribution < -0.4 is 4.72 Å². The Bertz CT molecular complexity index is 364. The molecule has 0 aliphatic heterocycles. The van der Waals surface area contributed by atoms with Gasteiger partial charge in [0.25, 0.3) is 0 Å². The van der Waals surface area contributed by atoms with Crippen LogP contribution in [0.2, 0.25) is 0 Å². The topological polar surface area (TPSA) is 110 Å². The molecule has 7 nitrogen and oxygen atoms in total. The fraction of sp³-hybridized carbons (Fsp3) is 0.778. The van der Waals surface area contributed by atoms with E-state index in [9.17, 15) is 18.0 Å². The van der Waals surface area contributed by atoms with Gasteiger partial charge in [-0.2, -0.15) is 0 Å². The second kappa shape index (κ2) is 7.23. The van der Waals surface area contributed by atoms with Crippen LogP contribution in [0, 0.1) is 0 Å². The van der Waals surface area contributed by atoms with Gasteiger partial charge in [-0.1, -0.05) is 13.3 Å². The van der Waals surface area contributed by atoms with Gasteiger partial charge in [0.15, 0.2) is 0 Å². The van der Waals surface area contributed by atoms with Crippen LogP contribution in [0.4, 0.5) is 0 Å². The number of esters is 1. The normalized spacial score (nSPS) is 13.1. The molecule has 0 aliphatic rings. The van der Waals surface area contributed by atoms with Crippen molar-refractivity contribution in [3.05, 3.63) is 0 Å². The zero-order chi connectivity index (χ0) is 13.5. The molecule has 0 heterocycles. The third kappa shape index (κ3) is 6.90. The van der Waals surface area contributed by atoms with Crippen LogP contribution in [0.3, 0.4) is 0 Å². The standard InChI is InChI=1S/C9H17NO6S/c1-3-4-7(9(12)13)10-17(14,15)6-5-8(11)16-2/h7,10H,3-6H2,1-2H3,(H,12,13). The summed E-state index contributed by atoms with van der Waals surface area (Å²) in [6, 6.07) is -1.15. The summed E-state index contributed by atoms with van der Waals surface area (Å²) in [5.74, 6) is -2.36. The fourth-order valence-corrected chi connectivity index (χ4v) is 2.32. The van der Waals surface area contributed by atoms with Crippen molar-refractivity contribution in [2.24, 2.45) is 0 Å². The molecule has 0 aliphatic carbocycles. The minimum atomic E-state index is -3.78. The molecule has 8 heteroatoms. The van der Waals surface area contributed by atoms with E-state index in [0.717, 1.165) is 7.11 Å². The smallest absolute Gasteiger partial charge is 0.321 e. The molecule has 1 atom stereocenters. The zero-order valence-electron chi connectivity index (χ0n) is 9.80. The van der Waals surface area contributed by atoms with Gasteiger partial charge in [0.05, 0.1) is 19.3 Å². The van der Waals surface area contributed by atoms with Crippen molar-refractivity contribution in [1.82, 2.24) is 4.72 Å². The maximum atomic E-state index is 11.5. The summed E-state index contributed by atoms with van der Waals surface area (Å²) in [6.45, 7) is 1.75. The summed E-state index contributed by atoms with van der Waals surface area (Å²) < 4.78 is 29.3. The van der Waals surface area contributed by atoms with E-state index < -0.39 is 33.8 Å². The molecule has 1 unspecified atom stereocenters. The molecule has 0 aromatic heterocycles. The Morgan fingerprint density at radius 1 is 1.41 bits per heavy atom. The number of ether oxygens (including phenoxy) is 1. The predicted molar refractivity (Wildman–Crippen MR) is 59.9 cm³/mol. The Morgan fingerprint density at radius 2 is 2.00 bits per heavy atom. The lowest BCUT2D eigenvalue weighted by atomic mass is 10.2. The molecule has 2 N–H and O–H groups in total. The van der Waals surface area contributed by atoms with E-state index >= 15 is 0 Å². The highest BCUT2D eigenvalue weighted by atomic mass is 32.2. The first-order valence-electron chi connectivity index (χ1n) is 5.12. The van der Waals surface area contributed by atoms with E-state index in [1.807, 2.05) is 4.72 Å². The number of aliphatic carboxylic acids is 1. The molecule has 0 rings (SSSR count). The number of sulfonamides is 1. The minimum Gasteiger partial charge on any atom is -0.480 e. The molecule has 0 aromatic rings. The Labute approximate surface area is 100 Å². The summed E-state index contributed by atoms with van der Waals surface area (Å²) in [7, 11) is -2.63. The van der Waals surface area contributed by atoms with Crippen molar-refractivity contribution in [3.8, 4) is 0 Å². The number of carbonyl (C=O) groups excluding carboxylic acids is 1. The van der Waals surface area contributed by atoms with Gasteiger partial charge >= 0.3 is 11.9 Å². The second-order valence-corrected chi connectivity index (χ2v) is 5.32. The maximum absolute atomic E-state index is 11.5. The molecule has 0 fully saturated rings. The molecule has 0 aromatic carbocycles. The highest BCUT2D eigenvalue weighted by Crippen LogP contribution is 2.01. The molecule has 17 heavy (non-hydrogen) atoms. The van der Waals surface area contributed by atoms with Gasteiger partial charge in [-0.3, -0.25) is 9.59 Å². The lowest BCUT2D eigenvalue weighted by Crippen LogP contribution is -2.42. The fourth-order valence-electron chi connectivity index (χ4n) is 1.12. The van der Waals surface area contributed by atoms with Gasteiger partial charge in [0.1, 0.15) is 6.04 Å². The molecule has 100 valence electrons. The Hall–Kier alpha value is -1.15. The number of hydrogen-bond donors (Lipinski definition) is 2.